The van der Waals surface area contributed by atoms with E-state index in [-0.39, 0.29) is 5.69 Å². The maximum Gasteiger partial charge on any atom is 0.266 e. The molecule has 0 unspecified atom stereocenters. The summed E-state index contributed by atoms with van der Waals surface area (Å²) in [6.45, 7) is 9.30. The van der Waals surface area contributed by atoms with Crippen LogP contribution in [0.4, 0.5) is 17.1 Å². The van der Waals surface area contributed by atoms with Crippen LogP contribution >= 0.6 is 0 Å². The van der Waals surface area contributed by atoms with Gasteiger partial charge in [0.25, 0.3) is 5.89 Å². The molecule has 2 heterocycles. The van der Waals surface area contributed by atoms with Gasteiger partial charge in [0.1, 0.15) is 16.8 Å². The molecule has 1 aromatic heterocycles. The number of anilines is 3. The van der Waals surface area contributed by atoms with Crippen LogP contribution in [0.5, 0.6) is 51.7 Å². The standard InChI is InChI=1S/C29H23N3O10.C3H6/c1-29(2)11-7-3-5-9-13(11)32(14-10-6-4-8-12(14)29)17-22(37)18(33)15(19(34)23(17)38)27-30-28(42-31-27)16-20(35)24(39)26(41)25(40)21(16)36;1-3-2/h3-10,33-41H,1-2H3;3H,1H2,2H3. The zero-order chi connectivity index (χ0) is 33.0. The van der Waals surface area contributed by atoms with Crippen LogP contribution in [0, 0.1) is 0 Å². The minimum Gasteiger partial charge on any atom is -0.504 e. The van der Waals surface area contributed by atoms with Crippen molar-refractivity contribution in [3.8, 4) is 74.6 Å². The molecule has 5 aromatic rings. The minimum atomic E-state index is -1.21. The number of aromatic nitrogens is 2. The smallest absolute Gasteiger partial charge is 0.266 e. The summed E-state index contributed by atoms with van der Waals surface area (Å²) in [6, 6.07) is 14.5. The zero-order valence-corrected chi connectivity index (χ0v) is 24.2. The fourth-order valence-electron chi connectivity index (χ4n) is 5.33. The van der Waals surface area contributed by atoms with Gasteiger partial charge < -0.3 is 55.4 Å². The summed E-state index contributed by atoms with van der Waals surface area (Å²) in [7, 11) is 0. The van der Waals surface area contributed by atoms with Gasteiger partial charge in [-0.25, -0.2) is 0 Å². The predicted octanol–water partition coefficient (Wildman–Crippen LogP) is 6.06. The van der Waals surface area contributed by atoms with Crippen molar-refractivity contribution < 1.29 is 50.5 Å². The molecule has 0 saturated heterocycles. The van der Waals surface area contributed by atoms with E-state index in [1.54, 1.807) is 30.3 Å². The molecule has 13 heteroatoms. The average Bonchev–Trinajstić information content (AvgIpc) is 3.49. The van der Waals surface area contributed by atoms with Crippen LogP contribution in [0.25, 0.3) is 22.8 Å². The second-order valence-electron chi connectivity index (χ2n) is 10.6. The fourth-order valence-corrected chi connectivity index (χ4v) is 5.33. The summed E-state index contributed by atoms with van der Waals surface area (Å²) in [6.07, 6.45) is 1.75. The van der Waals surface area contributed by atoms with Gasteiger partial charge in [0.2, 0.25) is 23.1 Å². The van der Waals surface area contributed by atoms with Crippen LogP contribution in [0.15, 0.2) is 65.7 Å². The Morgan fingerprint density at radius 1 is 0.644 bits per heavy atom. The second-order valence-corrected chi connectivity index (χ2v) is 10.6. The highest BCUT2D eigenvalue weighted by Crippen LogP contribution is 2.61. The van der Waals surface area contributed by atoms with E-state index < -0.39 is 80.0 Å². The minimum absolute atomic E-state index is 0.337. The monoisotopic (exact) mass is 615 g/mol. The molecule has 0 bridgehead atoms. The summed E-state index contributed by atoms with van der Waals surface area (Å²) >= 11 is 0. The van der Waals surface area contributed by atoms with Crippen LogP contribution < -0.4 is 4.90 Å². The topological polar surface area (TPSA) is 224 Å². The number of nitrogens with zero attached hydrogens (tertiary/aromatic N) is 3. The molecule has 4 aromatic carbocycles. The van der Waals surface area contributed by atoms with Gasteiger partial charge in [-0.3, -0.25) is 0 Å². The van der Waals surface area contributed by atoms with Crippen molar-refractivity contribution in [2.45, 2.75) is 26.2 Å². The van der Waals surface area contributed by atoms with Crippen molar-refractivity contribution in [3.05, 3.63) is 72.3 Å². The van der Waals surface area contributed by atoms with Gasteiger partial charge in [-0.05, 0) is 30.2 Å². The first kappa shape index (κ1) is 30.2. The lowest BCUT2D eigenvalue weighted by atomic mass is 9.73. The lowest BCUT2D eigenvalue weighted by Gasteiger charge is -2.42. The number of fused-ring (bicyclic) bond motifs is 2. The summed E-state index contributed by atoms with van der Waals surface area (Å²) in [4.78, 5) is 5.37. The number of hydrogen-bond acceptors (Lipinski definition) is 13. The maximum absolute atomic E-state index is 11.3. The molecule has 0 saturated carbocycles. The van der Waals surface area contributed by atoms with Gasteiger partial charge in [-0.15, -0.1) is 6.58 Å². The molecule has 0 fully saturated rings. The SMILES string of the molecule is C=CC.CC1(C)c2ccccc2N(c2c(O)c(O)c(-c3noc(-c4c(O)c(O)c(O)c(O)c4O)n3)c(O)c2O)c2ccccc21. The van der Waals surface area contributed by atoms with E-state index in [2.05, 4.69) is 16.7 Å². The van der Waals surface area contributed by atoms with Crippen LogP contribution in [-0.4, -0.2) is 56.1 Å². The Labute approximate surface area is 255 Å². The molecule has 1 aliphatic rings. The molecule has 0 amide bonds. The Morgan fingerprint density at radius 3 is 1.51 bits per heavy atom. The third-order valence-electron chi connectivity index (χ3n) is 7.47. The molecule has 9 N–H and O–H groups in total. The second kappa shape index (κ2) is 10.8. The number of benzene rings is 4. The molecular weight excluding hydrogens is 586 g/mol. The van der Waals surface area contributed by atoms with Crippen molar-refractivity contribution in [2.75, 3.05) is 4.90 Å². The molecule has 0 radical (unpaired) electrons. The largest absolute Gasteiger partial charge is 0.504 e. The van der Waals surface area contributed by atoms with E-state index in [9.17, 15) is 46.0 Å². The van der Waals surface area contributed by atoms with E-state index >= 15 is 0 Å². The quantitative estimate of drug-likeness (QED) is 0.0640. The Hall–Kier alpha value is -6.24. The van der Waals surface area contributed by atoms with Gasteiger partial charge >= 0.3 is 0 Å². The highest BCUT2D eigenvalue weighted by atomic mass is 16.5. The number of allylic oxidation sites excluding steroid dienone is 1. The van der Waals surface area contributed by atoms with Gasteiger partial charge in [-0.2, -0.15) is 4.98 Å². The average molecular weight is 616 g/mol. The van der Waals surface area contributed by atoms with Gasteiger partial charge in [0.15, 0.2) is 34.5 Å². The normalized spacial score (nSPS) is 12.9. The first-order valence-corrected chi connectivity index (χ1v) is 13.4. The number of rotatable bonds is 3. The van der Waals surface area contributed by atoms with E-state index in [1.807, 2.05) is 45.0 Å². The number of hydrogen-bond donors (Lipinski definition) is 9. The van der Waals surface area contributed by atoms with E-state index in [0.29, 0.717) is 11.4 Å². The first-order chi connectivity index (χ1) is 21.3. The first-order valence-electron chi connectivity index (χ1n) is 13.4. The Bertz CT molecular complexity index is 1880. The lowest BCUT2D eigenvalue weighted by Crippen LogP contribution is -2.30. The van der Waals surface area contributed by atoms with E-state index in [1.165, 1.54) is 4.90 Å². The summed E-state index contributed by atoms with van der Waals surface area (Å²) < 4.78 is 4.99. The van der Waals surface area contributed by atoms with Crippen molar-refractivity contribution in [1.82, 2.24) is 10.1 Å². The van der Waals surface area contributed by atoms with Crippen molar-refractivity contribution >= 4 is 17.1 Å². The molecule has 6 rings (SSSR count). The highest BCUT2D eigenvalue weighted by Gasteiger charge is 2.40. The van der Waals surface area contributed by atoms with Crippen LogP contribution in [-0.2, 0) is 5.41 Å². The predicted molar refractivity (Wildman–Crippen MR) is 163 cm³/mol. The summed E-state index contributed by atoms with van der Waals surface area (Å²) in [5.41, 5.74) is 0.548. The fraction of sp³-hybridized carbons (Fsp3) is 0.125. The number of phenolic OH excluding ortho intramolecular Hbond substituents is 9. The Kier molecular flexibility index (Phi) is 7.25. The molecule has 45 heavy (non-hydrogen) atoms. The van der Waals surface area contributed by atoms with Gasteiger partial charge in [0, 0.05) is 5.41 Å². The number of aromatic hydroxyl groups is 9. The molecule has 0 atom stereocenters. The van der Waals surface area contributed by atoms with Crippen molar-refractivity contribution in [1.29, 1.82) is 0 Å². The zero-order valence-electron chi connectivity index (χ0n) is 24.2. The summed E-state index contributed by atoms with van der Waals surface area (Å²) in [5, 5.41) is 98.0. The van der Waals surface area contributed by atoms with Crippen LogP contribution in [0.2, 0.25) is 0 Å². The molecule has 232 valence electrons. The van der Waals surface area contributed by atoms with Crippen LogP contribution in [0.1, 0.15) is 31.9 Å². The Balaban J connectivity index is 0.00000128. The molecule has 0 aliphatic carbocycles. The van der Waals surface area contributed by atoms with Crippen LogP contribution in [0.3, 0.4) is 0 Å². The van der Waals surface area contributed by atoms with E-state index in [0.717, 1.165) is 11.1 Å². The Morgan fingerprint density at radius 2 is 1.04 bits per heavy atom. The molecule has 13 nitrogen and oxygen atoms in total. The molecular formula is C32H29N3O10. The third-order valence-corrected chi connectivity index (χ3v) is 7.47. The van der Waals surface area contributed by atoms with Crippen molar-refractivity contribution in [2.24, 2.45) is 0 Å². The maximum atomic E-state index is 11.3. The molecule has 0 spiro atoms. The summed E-state index contributed by atoms with van der Waals surface area (Å²) in [5.74, 6) is -10.8. The van der Waals surface area contributed by atoms with Gasteiger partial charge in [0.05, 0.1) is 11.4 Å². The highest BCUT2D eigenvalue weighted by molar-refractivity contribution is 5.96. The molecule has 1 aliphatic heterocycles. The van der Waals surface area contributed by atoms with Gasteiger partial charge in [-0.1, -0.05) is 61.5 Å². The lowest BCUT2D eigenvalue weighted by molar-refractivity contribution is 0.327. The van der Waals surface area contributed by atoms with E-state index in [4.69, 9.17) is 4.52 Å². The number of phenols is 9. The number of para-hydroxylation sites is 2. The third kappa shape index (κ3) is 4.40. The van der Waals surface area contributed by atoms with Crippen molar-refractivity contribution in [3.63, 3.8) is 0 Å².